The molecule has 2 atom stereocenters. The summed E-state index contributed by atoms with van der Waals surface area (Å²) in [6, 6.07) is 0. The number of ether oxygens (including phenoxy) is 1. The minimum absolute atomic E-state index is 0.0771. The summed E-state index contributed by atoms with van der Waals surface area (Å²) in [6.45, 7) is 0.813. The van der Waals surface area contributed by atoms with Crippen LogP contribution in [0.4, 0.5) is 0 Å². The highest BCUT2D eigenvalue weighted by Crippen LogP contribution is 2.44. The van der Waals surface area contributed by atoms with E-state index in [1.165, 1.54) is 6.92 Å². The summed E-state index contributed by atoms with van der Waals surface area (Å²) in [5, 5.41) is 2.71. The van der Waals surface area contributed by atoms with Crippen molar-refractivity contribution in [1.82, 2.24) is 5.32 Å². The molecule has 116 valence electrons. The van der Waals surface area contributed by atoms with Gasteiger partial charge in [-0.1, -0.05) is 0 Å². The first-order chi connectivity index (χ1) is 8.66. The molecule has 0 aromatic heterocycles. The van der Waals surface area contributed by atoms with Crippen molar-refractivity contribution in [3.05, 3.63) is 0 Å². The van der Waals surface area contributed by atoms with Crippen LogP contribution in [0.3, 0.4) is 0 Å². The first-order valence-electron chi connectivity index (χ1n) is 5.24. The molecule has 0 bridgehead atoms. The van der Waals surface area contributed by atoms with Gasteiger partial charge in [0.25, 0.3) is 0 Å². The lowest BCUT2D eigenvalue weighted by atomic mass is 10.4. The summed E-state index contributed by atoms with van der Waals surface area (Å²) in [5.74, 6) is 0. The third-order valence-electron chi connectivity index (χ3n) is 1.51. The molecule has 0 radical (unpaired) electrons. The van der Waals surface area contributed by atoms with Crippen LogP contribution in [-0.4, -0.2) is 54.4 Å². The lowest BCUT2D eigenvalue weighted by Crippen LogP contribution is -2.20. The van der Waals surface area contributed by atoms with Gasteiger partial charge < -0.3 is 19.4 Å². The summed E-state index contributed by atoms with van der Waals surface area (Å²) in [4.78, 5) is 26.0. The normalized spacial score (nSPS) is 17.1. The molecule has 0 fully saturated rings. The van der Waals surface area contributed by atoms with Crippen molar-refractivity contribution >= 4 is 15.6 Å². The number of hydrogen-bond donors (Lipinski definition) is 4. The van der Waals surface area contributed by atoms with E-state index in [4.69, 9.17) is 19.0 Å². The zero-order chi connectivity index (χ0) is 14.9. The highest BCUT2D eigenvalue weighted by atomic mass is 31.2. The molecule has 19 heavy (non-hydrogen) atoms. The molecular formula is C7H19NO9P2. The molecule has 0 spiro atoms. The van der Waals surface area contributed by atoms with Crippen molar-refractivity contribution in [2.45, 2.75) is 13.0 Å². The van der Waals surface area contributed by atoms with Gasteiger partial charge >= 0.3 is 15.6 Å². The van der Waals surface area contributed by atoms with Gasteiger partial charge in [-0.2, -0.15) is 0 Å². The van der Waals surface area contributed by atoms with E-state index in [1.54, 1.807) is 7.05 Å². The monoisotopic (exact) mass is 323 g/mol. The SMILES string of the molecule is CNCOCC(C)OP(=O)(O)OCCOP(=O)(O)O. The smallest absolute Gasteiger partial charge is 0.364 e. The van der Waals surface area contributed by atoms with Crippen LogP contribution in [-0.2, 0) is 27.4 Å². The van der Waals surface area contributed by atoms with Gasteiger partial charge in [0.2, 0.25) is 0 Å². The molecule has 0 aliphatic heterocycles. The quantitative estimate of drug-likeness (QED) is 0.229. The number of phosphoric ester groups is 2. The largest absolute Gasteiger partial charge is 0.472 e. The molecule has 2 unspecified atom stereocenters. The van der Waals surface area contributed by atoms with E-state index in [2.05, 4.69) is 14.4 Å². The summed E-state index contributed by atoms with van der Waals surface area (Å²) in [5.41, 5.74) is 0. The highest BCUT2D eigenvalue weighted by molar-refractivity contribution is 7.47. The van der Waals surface area contributed by atoms with E-state index in [1.807, 2.05) is 0 Å². The van der Waals surface area contributed by atoms with Gasteiger partial charge in [-0.25, -0.2) is 9.13 Å². The van der Waals surface area contributed by atoms with Crippen LogP contribution in [0.5, 0.6) is 0 Å². The molecule has 0 amide bonds. The van der Waals surface area contributed by atoms with Crippen molar-refractivity contribution in [3.8, 4) is 0 Å². The van der Waals surface area contributed by atoms with Crippen LogP contribution in [0.15, 0.2) is 0 Å². The van der Waals surface area contributed by atoms with Crippen LogP contribution in [0, 0.1) is 0 Å². The Morgan fingerprint density at radius 3 is 2.26 bits per heavy atom. The van der Waals surface area contributed by atoms with Gasteiger partial charge in [0, 0.05) is 0 Å². The second-order valence-corrected chi connectivity index (χ2v) is 6.06. The Morgan fingerprint density at radius 1 is 1.16 bits per heavy atom. The maximum absolute atomic E-state index is 11.4. The zero-order valence-electron chi connectivity index (χ0n) is 10.6. The molecule has 0 aromatic rings. The van der Waals surface area contributed by atoms with E-state index in [9.17, 15) is 14.0 Å². The topological polar surface area (TPSA) is 144 Å². The molecule has 0 rings (SSSR count). The average Bonchev–Trinajstić information content (AvgIpc) is 2.23. The van der Waals surface area contributed by atoms with Gasteiger partial charge in [0.05, 0.1) is 32.7 Å². The molecule has 0 saturated carbocycles. The van der Waals surface area contributed by atoms with E-state index >= 15 is 0 Å². The second-order valence-electron chi connectivity index (χ2n) is 3.41. The summed E-state index contributed by atoms with van der Waals surface area (Å²) in [7, 11) is -7.25. The van der Waals surface area contributed by atoms with Gasteiger partial charge in [-0.05, 0) is 14.0 Å². The Morgan fingerprint density at radius 2 is 1.74 bits per heavy atom. The van der Waals surface area contributed by atoms with Crippen LogP contribution >= 0.6 is 15.6 Å². The standard InChI is InChI=1S/C7H19NO9P2/c1-7(5-14-6-8-2)17-19(12,13)16-4-3-15-18(9,10)11/h7-8H,3-6H2,1-2H3,(H,12,13)(H2,9,10,11). The lowest BCUT2D eigenvalue weighted by molar-refractivity contribution is 0.0266. The molecular weight excluding hydrogens is 304 g/mol. The Bertz CT molecular complexity index is 333. The molecule has 0 aliphatic carbocycles. The maximum atomic E-state index is 11.4. The van der Waals surface area contributed by atoms with Crippen molar-refractivity contribution in [1.29, 1.82) is 0 Å². The Labute approximate surface area is 110 Å². The first kappa shape index (κ1) is 19.1. The Hall–Kier alpha value is 0.140. The fraction of sp³-hybridized carbons (Fsp3) is 1.00. The van der Waals surface area contributed by atoms with Gasteiger partial charge in [-0.3, -0.25) is 18.9 Å². The van der Waals surface area contributed by atoms with Crippen molar-refractivity contribution in [2.24, 2.45) is 0 Å². The summed E-state index contributed by atoms with van der Waals surface area (Å²) >= 11 is 0. The van der Waals surface area contributed by atoms with Crippen LogP contribution in [0.25, 0.3) is 0 Å². The Balaban J connectivity index is 3.85. The fourth-order valence-electron chi connectivity index (χ4n) is 0.924. The van der Waals surface area contributed by atoms with Gasteiger partial charge in [-0.15, -0.1) is 0 Å². The highest BCUT2D eigenvalue weighted by Gasteiger charge is 2.25. The molecule has 0 aliphatic rings. The zero-order valence-corrected chi connectivity index (χ0v) is 12.4. The minimum atomic E-state index is -4.61. The lowest BCUT2D eigenvalue weighted by Gasteiger charge is -2.17. The molecule has 0 heterocycles. The summed E-state index contributed by atoms with van der Waals surface area (Å²) in [6.07, 6.45) is -0.688. The fourth-order valence-corrected chi connectivity index (χ4v) is 2.12. The molecule has 4 N–H and O–H groups in total. The molecule has 12 heteroatoms. The van der Waals surface area contributed by atoms with Gasteiger partial charge in [0.15, 0.2) is 0 Å². The minimum Gasteiger partial charge on any atom is -0.364 e. The first-order valence-corrected chi connectivity index (χ1v) is 8.27. The predicted octanol–water partition coefficient (Wildman–Crippen LogP) is -0.189. The van der Waals surface area contributed by atoms with Crippen LogP contribution in [0.1, 0.15) is 6.92 Å². The van der Waals surface area contributed by atoms with Crippen molar-refractivity contribution in [2.75, 3.05) is 33.6 Å². The van der Waals surface area contributed by atoms with Crippen molar-refractivity contribution in [3.63, 3.8) is 0 Å². The third-order valence-corrected chi connectivity index (χ3v) is 3.16. The number of phosphoric acid groups is 2. The van der Waals surface area contributed by atoms with E-state index in [0.29, 0.717) is 0 Å². The predicted molar refractivity (Wildman–Crippen MR) is 64.2 cm³/mol. The summed E-state index contributed by atoms with van der Waals surface area (Å²) < 4.78 is 39.9. The van der Waals surface area contributed by atoms with E-state index in [-0.39, 0.29) is 13.3 Å². The molecule has 10 nitrogen and oxygen atoms in total. The van der Waals surface area contributed by atoms with E-state index < -0.39 is 35.0 Å². The van der Waals surface area contributed by atoms with Crippen LogP contribution < -0.4 is 5.32 Å². The van der Waals surface area contributed by atoms with Crippen LogP contribution in [0.2, 0.25) is 0 Å². The second kappa shape index (κ2) is 9.15. The van der Waals surface area contributed by atoms with Gasteiger partial charge in [0.1, 0.15) is 0 Å². The van der Waals surface area contributed by atoms with E-state index in [0.717, 1.165) is 0 Å². The number of hydrogen-bond acceptors (Lipinski definition) is 7. The van der Waals surface area contributed by atoms with Crippen molar-refractivity contribution < 1.29 is 42.1 Å². The Kier molecular flexibility index (Phi) is 9.21. The molecule has 0 aromatic carbocycles. The average molecular weight is 323 g/mol. The molecule has 0 saturated heterocycles. The number of rotatable bonds is 11. The number of nitrogens with one attached hydrogen (secondary N) is 1. The third kappa shape index (κ3) is 12.9. The maximum Gasteiger partial charge on any atom is 0.472 e.